The van der Waals surface area contributed by atoms with Crippen LogP contribution in [0, 0.1) is 0 Å². The summed E-state index contributed by atoms with van der Waals surface area (Å²) in [6.07, 6.45) is -0.948. The summed E-state index contributed by atoms with van der Waals surface area (Å²) in [6.45, 7) is -0.147. The van der Waals surface area contributed by atoms with E-state index in [0.717, 1.165) is 9.87 Å². The first kappa shape index (κ1) is 25.2. The fourth-order valence-electron chi connectivity index (χ4n) is 3.79. The third kappa shape index (κ3) is 5.50. The number of nitrogens with zero attached hydrogens (tertiary/aromatic N) is 2. The van der Waals surface area contributed by atoms with E-state index in [0.29, 0.717) is 23.7 Å². The average Bonchev–Trinajstić information content (AvgIpc) is 2.91. The number of likely N-dealkylation sites (N-methyl/N-ethyl adjacent to an activating group) is 1. The molecule has 0 unspecified atom stereocenters. The summed E-state index contributed by atoms with van der Waals surface area (Å²) in [7, 11) is -1.09. The van der Waals surface area contributed by atoms with E-state index in [1.165, 1.54) is 31.2 Å². The Labute approximate surface area is 210 Å². The van der Waals surface area contributed by atoms with E-state index in [-0.39, 0.29) is 17.3 Å². The first-order chi connectivity index (χ1) is 17.3. The predicted octanol–water partition coefficient (Wildman–Crippen LogP) is 2.43. The van der Waals surface area contributed by atoms with E-state index in [4.69, 9.17) is 9.47 Å². The van der Waals surface area contributed by atoms with E-state index in [1.54, 1.807) is 36.4 Å². The molecule has 36 heavy (non-hydrogen) atoms. The molecule has 188 valence electrons. The molecule has 0 aromatic heterocycles. The van der Waals surface area contributed by atoms with Crippen molar-refractivity contribution in [1.29, 1.82) is 0 Å². The molecule has 0 bridgehead atoms. The van der Waals surface area contributed by atoms with Crippen LogP contribution < -0.4 is 19.7 Å². The largest absolute Gasteiger partial charge is 0.497 e. The summed E-state index contributed by atoms with van der Waals surface area (Å²) in [5.74, 6) is 0.0448. The van der Waals surface area contributed by atoms with E-state index in [2.05, 4.69) is 5.32 Å². The number of hydrogen-bond donors (Lipinski definition) is 1. The van der Waals surface area contributed by atoms with Crippen LogP contribution in [0.5, 0.6) is 11.5 Å². The van der Waals surface area contributed by atoms with Crippen LogP contribution in [0.25, 0.3) is 0 Å². The molecule has 3 aromatic rings. The van der Waals surface area contributed by atoms with Gasteiger partial charge in [-0.2, -0.15) is 4.31 Å². The van der Waals surface area contributed by atoms with Gasteiger partial charge in [-0.15, -0.1) is 0 Å². The molecule has 4 rings (SSSR count). The molecule has 1 heterocycles. The second kappa shape index (κ2) is 10.8. The number of fused-ring (bicyclic) bond motifs is 1. The minimum atomic E-state index is -3.92. The lowest BCUT2D eigenvalue weighted by Crippen LogP contribution is -2.52. The monoisotopic (exact) mass is 509 g/mol. The molecular formula is C26H27N3O6S. The Bertz CT molecular complexity index is 1330. The molecule has 1 N–H and O–H groups in total. The third-order valence-electron chi connectivity index (χ3n) is 5.80. The van der Waals surface area contributed by atoms with Crippen LogP contribution in [-0.2, 0) is 26.2 Å². The number of nitrogens with one attached hydrogen (secondary N) is 1. The maximum atomic E-state index is 13.3. The predicted molar refractivity (Wildman–Crippen MR) is 134 cm³/mol. The van der Waals surface area contributed by atoms with Crippen molar-refractivity contribution in [2.24, 2.45) is 0 Å². The lowest BCUT2D eigenvalue weighted by Gasteiger charge is -2.35. The van der Waals surface area contributed by atoms with Gasteiger partial charge in [0.1, 0.15) is 11.5 Å². The second-order valence-electron chi connectivity index (χ2n) is 8.22. The number of rotatable bonds is 8. The molecular weight excluding hydrogens is 482 g/mol. The van der Waals surface area contributed by atoms with Crippen molar-refractivity contribution >= 4 is 27.5 Å². The second-order valence-corrected chi connectivity index (χ2v) is 10.3. The summed E-state index contributed by atoms with van der Waals surface area (Å²) in [5, 5.41) is 2.84. The number of hydrogen-bond acceptors (Lipinski definition) is 6. The van der Waals surface area contributed by atoms with Crippen LogP contribution in [0.4, 0.5) is 5.69 Å². The molecule has 1 aliphatic rings. The molecule has 10 heteroatoms. The van der Waals surface area contributed by atoms with E-state index in [9.17, 15) is 18.0 Å². The van der Waals surface area contributed by atoms with Crippen molar-refractivity contribution in [3.05, 3.63) is 84.4 Å². The van der Waals surface area contributed by atoms with Gasteiger partial charge in [0.05, 0.1) is 30.8 Å². The molecule has 0 aliphatic carbocycles. The van der Waals surface area contributed by atoms with Crippen molar-refractivity contribution in [3.63, 3.8) is 0 Å². The van der Waals surface area contributed by atoms with Crippen molar-refractivity contribution in [2.45, 2.75) is 17.5 Å². The number of para-hydroxylation sites is 2. The Morgan fingerprint density at radius 3 is 2.39 bits per heavy atom. The number of methoxy groups -OCH3 is 1. The highest BCUT2D eigenvalue weighted by molar-refractivity contribution is 7.89. The molecule has 3 aromatic carbocycles. The normalized spacial score (nSPS) is 15.1. The number of ether oxygens (including phenoxy) is 2. The zero-order valence-corrected chi connectivity index (χ0v) is 20.8. The van der Waals surface area contributed by atoms with Gasteiger partial charge in [-0.1, -0.05) is 42.5 Å². The van der Waals surface area contributed by atoms with Crippen molar-refractivity contribution in [3.8, 4) is 11.5 Å². The molecule has 2 amide bonds. The highest BCUT2D eigenvalue weighted by Gasteiger charge is 2.35. The molecule has 1 aliphatic heterocycles. The van der Waals surface area contributed by atoms with Crippen LogP contribution in [0.1, 0.15) is 5.56 Å². The number of carbonyl (C=O) groups is 2. The zero-order valence-electron chi connectivity index (χ0n) is 20.0. The summed E-state index contributed by atoms with van der Waals surface area (Å²) >= 11 is 0. The molecule has 1 atom stereocenters. The average molecular weight is 510 g/mol. The van der Waals surface area contributed by atoms with Gasteiger partial charge in [-0.3, -0.25) is 9.59 Å². The Hall–Kier alpha value is -3.89. The van der Waals surface area contributed by atoms with E-state index >= 15 is 0 Å². The smallest absolute Gasteiger partial charge is 0.263 e. The van der Waals surface area contributed by atoms with Crippen LogP contribution in [0.15, 0.2) is 83.8 Å². The summed E-state index contributed by atoms with van der Waals surface area (Å²) < 4.78 is 38.0. The number of sulfonamides is 1. The number of benzene rings is 3. The lowest BCUT2D eigenvalue weighted by atomic mass is 10.1. The van der Waals surface area contributed by atoms with Crippen LogP contribution in [0.2, 0.25) is 0 Å². The van der Waals surface area contributed by atoms with Gasteiger partial charge in [-0.25, -0.2) is 8.42 Å². The van der Waals surface area contributed by atoms with E-state index < -0.39 is 28.6 Å². The maximum Gasteiger partial charge on any atom is 0.263 e. The first-order valence-corrected chi connectivity index (χ1v) is 12.7. The van der Waals surface area contributed by atoms with Crippen LogP contribution >= 0.6 is 0 Å². The van der Waals surface area contributed by atoms with E-state index in [1.807, 2.05) is 30.3 Å². The summed E-state index contributed by atoms with van der Waals surface area (Å²) in [6, 6.07) is 22.2. The van der Waals surface area contributed by atoms with Gasteiger partial charge in [0.25, 0.3) is 5.91 Å². The molecule has 0 saturated carbocycles. The van der Waals surface area contributed by atoms with Gasteiger partial charge < -0.3 is 19.7 Å². The van der Waals surface area contributed by atoms with Gasteiger partial charge in [0, 0.05) is 13.6 Å². The van der Waals surface area contributed by atoms with Crippen LogP contribution in [0.3, 0.4) is 0 Å². The minimum absolute atomic E-state index is 0.0409. The maximum absolute atomic E-state index is 13.3. The molecule has 0 spiro atoms. The third-order valence-corrected chi connectivity index (χ3v) is 7.62. The van der Waals surface area contributed by atoms with Crippen LogP contribution in [-0.4, -0.2) is 57.9 Å². The highest BCUT2D eigenvalue weighted by atomic mass is 32.2. The Kier molecular flexibility index (Phi) is 7.56. The first-order valence-electron chi connectivity index (χ1n) is 11.3. The molecule has 9 nitrogen and oxygen atoms in total. The molecule has 0 saturated heterocycles. The fourth-order valence-corrected chi connectivity index (χ4v) is 4.91. The van der Waals surface area contributed by atoms with Gasteiger partial charge in [0.2, 0.25) is 15.9 Å². The van der Waals surface area contributed by atoms with Crippen molar-refractivity contribution in [2.75, 3.05) is 32.1 Å². The fraction of sp³-hybridized carbons (Fsp3) is 0.231. The summed E-state index contributed by atoms with van der Waals surface area (Å²) in [4.78, 5) is 27.6. The minimum Gasteiger partial charge on any atom is -0.497 e. The Balaban J connectivity index is 1.49. The molecule has 0 fully saturated rings. The SMILES string of the molecule is COc1ccc(S(=O)(=O)N(C)CC(=O)N2C[C@H](C(=O)NCc3ccccc3)Oc3ccccc32)cc1. The topological polar surface area (TPSA) is 105 Å². The number of carbonyl (C=O) groups excluding carboxylic acids is 2. The molecule has 0 radical (unpaired) electrons. The Morgan fingerprint density at radius 2 is 1.69 bits per heavy atom. The zero-order chi connectivity index (χ0) is 25.7. The van der Waals surface area contributed by atoms with Gasteiger partial charge in [-0.05, 0) is 42.0 Å². The van der Waals surface area contributed by atoms with Gasteiger partial charge >= 0.3 is 0 Å². The lowest BCUT2D eigenvalue weighted by molar-refractivity contribution is -0.128. The van der Waals surface area contributed by atoms with Crippen molar-refractivity contribution in [1.82, 2.24) is 9.62 Å². The highest BCUT2D eigenvalue weighted by Crippen LogP contribution is 2.33. The summed E-state index contributed by atoms with van der Waals surface area (Å²) in [5.41, 5.74) is 1.41. The standard InChI is InChI=1S/C26H27N3O6S/c1-28(36(32,33)21-14-12-20(34-2)13-15-21)18-25(30)29-17-24(35-23-11-7-6-10-22(23)29)26(31)27-16-19-8-4-3-5-9-19/h3-15,24H,16-18H2,1-2H3,(H,27,31)/t24-/m1/s1. The Morgan fingerprint density at radius 1 is 1.03 bits per heavy atom. The number of anilines is 1. The quantitative estimate of drug-likeness (QED) is 0.500. The number of amides is 2. The van der Waals surface area contributed by atoms with Crippen molar-refractivity contribution < 1.29 is 27.5 Å². The van der Waals surface area contributed by atoms with Gasteiger partial charge in [0.15, 0.2) is 6.10 Å².